The highest BCUT2D eigenvalue weighted by Crippen LogP contribution is 2.46. The summed E-state index contributed by atoms with van der Waals surface area (Å²) in [6.45, 7) is 2.93. The van der Waals surface area contributed by atoms with E-state index in [0.717, 1.165) is 42.7 Å². The maximum atomic E-state index is 13.2. The predicted octanol–water partition coefficient (Wildman–Crippen LogP) is 4.71. The van der Waals surface area contributed by atoms with Crippen molar-refractivity contribution in [3.05, 3.63) is 59.0 Å². The van der Waals surface area contributed by atoms with E-state index in [1.165, 1.54) is 11.3 Å². The van der Waals surface area contributed by atoms with Gasteiger partial charge in [0.05, 0.1) is 16.8 Å². The van der Waals surface area contributed by atoms with Crippen LogP contribution in [0.5, 0.6) is 11.5 Å². The number of hydrogen-bond donors (Lipinski definition) is 1. The maximum absolute atomic E-state index is 13.2. The number of fused-ring (bicyclic) bond motifs is 3. The molecule has 4 aromatic rings. The summed E-state index contributed by atoms with van der Waals surface area (Å²) in [5, 5.41) is 4.70. The molecule has 0 radical (unpaired) electrons. The lowest BCUT2D eigenvalue weighted by atomic mass is 10.0. The molecule has 6 rings (SSSR count). The fourth-order valence-corrected chi connectivity index (χ4v) is 6.68. The number of nitrogens with zero attached hydrogens (tertiary/aromatic N) is 2. The number of carbonyl (C=O) groups is 2. The summed E-state index contributed by atoms with van der Waals surface area (Å²) in [4.78, 5) is 33.0. The van der Waals surface area contributed by atoms with Crippen LogP contribution in [0.25, 0.3) is 20.8 Å². The first-order valence-corrected chi connectivity index (χ1v) is 12.7. The first-order chi connectivity index (χ1) is 16.6. The summed E-state index contributed by atoms with van der Waals surface area (Å²) in [6.07, 6.45) is -0.0332. The number of thiazole rings is 1. The fraction of sp³-hybridized carbons (Fsp3) is 0.240. The second kappa shape index (κ2) is 8.41. The molecule has 7 nitrogen and oxygen atoms in total. The Kier molecular flexibility index (Phi) is 5.23. The number of hydrogen-bond acceptors (Lipinski definition) is 7. The van der Waals surface area contributed by atoms with Gasteiger partial charge in [-0.15, -0.1) is 22.7 Å². The van der Waals surface area contributed by atoms with Gasteiger partial charge in [-0.05, 0) is 36.2 Å². The van der Waals surface area contributed by atoms with Crippen LogP contribution in [0, 0.1) is 0 Å². The monoisotopic (exact) mass is 491 g/mol. The van der Waals surface area contributed by atoms with Crippen molar-refractivity contribution in [2.24, 2.45) is 0 Å². The molecule has 0 fully saturated rings. The molecule has 172 valence electrons. The van der Waals surface area contributed by atoms with Crippen molar-refractivity contribution < 1.29 is 19.1 Å². The Hall–Kier alpha value is -3.43. The summed E-state index contributed by atoms with van der Waals surface area (Å²) in [5.41, 5.74) is 3.04. The van der Waals surface area contributed by atoms with Gasteiger partial charge in [-0.2, -0.15) is 0 Å². The third-order valence-corrected chi connectivity index (χ3v) is 8.23. The highest BCUT2D eigenvalue weighted by molar-refractivity contribution is 7.22. The van der Waals surface area contributed by atoms with Gasteiger partial charge in [0.1, 0.15) is 16.6 Å². The molecule has 0 saturated heterocycles. The number of para-hydroxylation sites is 3. The first-order valence-electron chi connectivity index (χ1n) is 11.0. The molecule has 1 atom stereocenters. The van der Waals surface area contributed by atoms with E-state index in [9.17, 15) is 9.59 Å². The van der Waals surface area contributed by atoms with E-state index >= 15 is 0 Å². The topological polar surface area (TPSA) is 80.8 Å². The van der Waals surface area contributed by atoms with Gasteiger partial charge in [0, 0.05) is 23.9 Å². The van der Waals surface area contributed by atoms with E-state index in [1.54, 1.807) is 24.3 Å². The quantitative estimate of drug-likeness (QED) is 0.449. The number of aromatic nitrogens is 1. The van der Waals surface area contributed by atoms with Crippen molar-refractivity contribution in [1.82, 2.24) is 9.88 Å². The van der Waals surface area contributed by atoms with Crippen LogP contribution in [-0.2, 0) is 22.6 Å². The van der Waals surface area contributed by atoms with E-state index < -0.39 is 6.10 Å². The van der Waals surface area contributed by atoms with E-state index in [2.05, 4.69) is 11.4 Å². The number of nitrogens with one attached hydrogen (secondary N) is 1. The summed E-state index contributed by atoms with van der Waals surface area (Å²) in [6, 6.07) is 15.4. The molecule has 0 saturated carbocycles. The predicted molar refractivity (Wildman–Crippen MR) is 133 cm³/mol. The lowest BCUT2D eigenvalue weighted by molar-refractivity contribution is -0.129. The first kappa shape index (κ1) is 21.1. The molecule has 4 heterocycles. The van der Waals surface area contributed by atoms with Gasteiger partial charge in [-0.1, -0.05) is 24.3 Å². The number of ether oxygens (including phenoxy) is 2. The minimum Gasteiger partial charge on any atom is -0.485 e. The number of anilines is 1. The molecule has 2 amide bonds. The molecule has 34 heavy (non-hydrogen) atoms. The third kappa shape index (κ3) is 3.70. The molecular formula is C25H21N3O4S2. The van der Waals surface area contributed by atoms with Crippen LogP contribution in [-0.4, -0.2) is 41.0 Å². The maximum Gasteiger partial charge on any atom is 0.269 e. The minimum atomic E-state index is -0.758. The minimum absolute atomic E-state index is 0.0533. The number of carbonyl (C=O) groups excluding carboxylic acids is 2. The highest BCUT2D eigenvalue weighted by atomic mass is 32.1. The zero-order valence-electron chi connectivity index (χ0n) is 18.4. The Labute approximate surface area is 203 Å². The van der Waals surface area contributed by atoms with Crippen molar-refractivity contribution in [1.29, 1.82) is 0 Å². The Morgan fingerprint density at radius 3 is 2.71 bits per heavy atom. The molecule has 9 heteroatoms. The average molecular weight is 492 g/mol. The van der Waals surface area contributed by atoms with E-state index in [4.69, 9.17) is 14.5 Å². The summed E-state index contributed by atoms with van der Waals surface area (Å²) in [7, 11) is 0. The Morgan fingerprint density at radius 1 is 1.09 bits per heavy atom. The zero-order valence-corrected chi connectivity index (χ0v) is 20.0. The number of thiophene rings is 1. The SMILES string of the molecule is CC(=O)N1CCc2c(sc(NC(=O)C3COc4ccccc4O3)c2-c2nc3ccccc3s2)C1. The van der Waals surface area contributed by atoms with E-state index in [-0.39, 0.29) is 18.4 Å². The Bertz CT molecular complexity index is 1390. The molecule has 2 aromatic carbocycles. The number of rotatable bonds is 3. The van der Waals surface area contributed by atoms with Crippen LogP contribution in [0.4, 0.5) is 5.00 Å². The molecule has 0 aliphatic carbocycles. The van der Waals surface area contributed by atoms with Crippen LogP contribution in [0.1, 0.15) is 17.4 Å². The van der Waals surface area contributed by atoms with E-state index in [1.807, 2.05) is 41.3 Å². The van der Waals surface area contributed by atoms with Gasteiger partial charge in [0.2, 0.25) is 12.0 Å². The molecule has 1 unspecified atom stereocenters. The molecule has 2 aliphatic heterocycles. The lowest BCUT2D eigenvalue weighted by Gasteiger charge is -2.26. The van der Waals surface area contributed by atoms with Crippen LogP contribution in [0.3, 0.4) is 0 Å². The van der Waals surface area contributed by atoms with Gasteiger partial charge < -0.3 is 19.7 Å². The van der Waals surface area contributed by atoms with Crippen molar-refractivity contribution in [2.45, 2.75) is 26.0 Å². The van der Waals surface area contributed by atoms with Crippen LogP contribution in [0.2, 0.25) is 0 Å². The molecule has 0 bridgehead atoms. The van der Waals surface area contributed by atoms with Crippen molar-refractivity contribution in [2.75, 3.05) is 18.5 Å². The Morgan fingerprint density at radius 2 is 1.88 bits per heavy atom. The highest BCUT2D eigenvalue weighted by Gasteiger charge is 2.32. The van der Waals surface area contributed by atoms with Gasteiger partial charge in [0.25, 0.3) is 5.91 Å². The summed E-state index contributed by atoms with van der Waals surface area (Å²) in [5.74, 6) is 0.983. The second-order valence-electron chi connectivity index (χ2n) is 8.24. The zero-order chi connectivity index (χ0) is 23.2. The van der Waals surface area contributed by atoms with Crippen molar-refractivity contribution in [3.8, 4) is 22.1 Å². The molecular weight excluding hydrogens is 470 g/mol. The summed E-state index contributed by atoms with van der Waals surface area (Å²) >= 11 is 3.12. The van der Waals surface area contributed by atoms with Gasteiger partial charge in [-0.3, -0.25) is 9.59 Å². The molecule has 2 aliphatic rings. The largest absolute Gasteiger partial charge is 0.485 e. The molecule has 1 N–H and O–H groups in total. The number of benzene rings is 2. The van der Waals surface area contributed by atoms with Gasteiger partial charge in [-0.25, -0.2) is 4.98 Å². The normalized spacial score (nSPS) is 16.9. The Balaban J connectivity index is 1.36. The van der Waals surface area contributed by atoms with Crippen LogP contribution >= 0.6 is 22.7 Å². The second-order valence-corrected chi connectivity index (χ2v) is 10.4. The van der Waals surface area contributed by atoms with Crippen molar-refractivity contribution >= 4 is 49.7 Å². The standard InChI is InChI=1S/C25H21N3O4S2/c1-14(29)28-11-10-15-21(12-28)34-25(22(15)24-26-16-6-2-5-9-20(16)33-24)27-23(30)19-13-31-17-7-3-4-8-18(17)32-19/h2-9,19H,10-13H2,1H3,(H,27,30). The third-order valence-electron chi connectivity index (χ3n) is 6.05. The van der Waals surface area contributed by atoms with Crippen LogP contribution in [0.15, 0.2) is 48.5 Å². The smallest absolute Gasteiger partial charge is 0.269 e. The van der Waals surface area contributed by atoms with Crippen molar-refractivity contribution in [3.63, 3.8) is 0 Å². The average Bonchev–Trinajstić information content (AvgIpc) is 3.43. The lowest BCUT2D eigenvalue weighted by Crippen LogP contribution is -2.40. The van der Waals surface area contributed by atoms with E-state index in [0.29, 0.717) is 24.6 Å². The summed E-state index contributed by atoms with van der Waals surface area (Å²) < 4.78 is 12.7. The van der Waals surface area contributed by atoms with Gasteiger partial charge >= 0.3 is 0 Å². The van der Waals surface area contributed by atoms with Gasteiger partial charge in [0.15, 0.2) is 11.5 Å². The molecule has 0 spiro atoms. The fourth-order valence-electron chi connectivity index (χ4n) is 4.31. The number of amides is 2. The molecule has 2 aromatic heterocycles. The van der Waals surface area contributed by atoms with Crippen LogP contribution < -0.4 is 14.8 Å².